The largest absolute Gasteiger partial charge is 0.479 e. The van der Waals surface area contributed by atoms with Gasteiger partial charge in [0.1, 0.15) is 12.0 Å². The Morgan fingerprint density at radius 2 is 2.00 bits per heavy atom. The zero-order chi connectivity index (χ0) is 20.0. The molecule has 2 N–H and O–H groups in total. The number of rotatable bonds is 6. The van der Waals surface area contributed by atoms with Crippen LogP contribution in [0.4, 0.5) is 29.5 Å². The van der Waals surface area contributed by atoms with Crippen molar-refractivity contribution in [2.75, 3.05) is 57.6 Å². The number of methoxy groups -OCH3 is 1. The monoisotopic (exact) mass is 390 g/mol. The lowest BCUT2D eigenvalue weighted by Crippen LogP contribution is -2.43. The third-order valence-electron chi connectivity index (χ3n) is 4.31. The van der Waals surface area contributed by atoms with Crippen LogP contribution >= 0.6 is 0 Å². The van der Waals surface area contributed by atoms with Crippen LogP contribution in [0.2, 0.25) is 0 Å². The van der Waals surface area contributed by atoms with Crippen molar-refractivity contribution >= 4 is 17.5 Å². The second kappa shape index (κ2) is 9.07. The van der Waals surface area contributed by atoms with Crippen LogP contribution in [0.5, 0.6) is 5.88 Å². The molecule has 27 heavy (non-hydrogen) atoms. The van der Waals surface area contributed by atoms with Crippen LogP contribution in [0.25, 0.3) is 0 Å². The van der Waals surface area contributed by atoms with E-state index in [0.717, 1.165) is 0 Å². The van der Waals surface area contributed by atoms with Gasteiger partial charge in [-0.15, -0.1) is 0 Å². The minimum atomic E-state index is -4.17. The topological polar surface area (TPSA) is 82.6 Å². The zero-order valence-corrected chi connectivity index (χ0v) is 15.6. The number of ether oxygens (including phenoxy) is 1. The summed E-state index contributed by atoms with van der Waals surface area (Å²) in [7, 11) is 5.00. The van der Waals surface area contributed by atoms with Crippen molar-refractivity contribution in [3.05, 3.63) is 6.33 Å². The number of carbonyl (C=O) groups excluding carboxylic acids is 1. The lowest BCUT2D eigenvalue weighted by atomic mass is 9.97. The summed E-state index contributed by atoms with van der Waals surface area (Å²) in [4.78, 5) is 23.5. The van der Waals surface area contributed by atoms with Crippen LogP contribution in [0.15, 0.2) is 6.33 Å². The summed E-state index contributed by atoms with van der Waals surface area (Å²) in [5.74, 6) is 0.879. The molecule has 1 aromatic heterocycles. The molecule has 1 fully saturated rings. The van der Waals surface area contributed by atoms with Gasteiger partial charge in [0.15, 0.2) is 5.82 Å². The molecular weight excluding hydrogens is 365 g/mol. The highest BCUT2D eigenvalue weighted by Gasteiger charge is 2.32. The summed E-state index contributed by atoms with van der Waals surface area (Å²) in [6.45, 7) is 0.255. The molecular formula is C16H25F3N6O2. The molecule has 8 nitrogen and oxygen atoms in total. The number of carbonyl (C=O) groups is 1. The van der Waals surface area contributed by atoms with E-state index in [1.54, 1.807) is 19.0 Å². The van der Waals surface area contributed by atoms with Gasteiger partial charge in [-0.2, -0.15) is 18.2 Å². The molecule has 2 amide bonds. The van der Waals surface area contributed by atoms with Crippen LogP contribution in [-0.4, -0.2) is 74.5 Å². The first kappa shape index (κ1) is 21.0. The Balaban J connectivity index is 1.84. The van der Waals surface area contributed by atoms with E-state index < -0.39 is 18.8 Å². The first-order valence-corrected chi connectivity index (χ1v) is 8.60. The van der Waals surface area contributed by atoms with Crippen molar-refractivity contribution in [3.63, 3.8) is 0 Å². The van der Waals surface area contributed by atoms with E-state index in [-0.39, 0.29) is 11.8 Å². The molecule has 1 aliphatic heterocycles. The lowest BCUT2D eigenvalue weighted by Gasteiger charge is -2.32. The number of urea groups is 1. The molecule has 1 aromatic rings. The number of aromatic nitrogens is 2. The van der Waals surface area contributed by atoms with Gasteiger partial charge >= 0.3 is 12.2 Å². The van der Waals surface area contributed by atoms with Gasteiger partial charge in [0.05, 0.1) is 13.7 Å². The Hall–Kier alpha value is -2.30. The second-order valence-corrected chi connectivity index (χ2v) is 6.65. The summed E-state index contributed by atoms with van der Waals surface area (Å²) in [6.07, 6.45) is -1.62. The number of hydrogen-bond donors (Lipinski definition) is 2. The number of nitrogens with zero attached hydrogens (tertiary/aromatic N) is 4. The fraction of sp³-hybridized carbons (Fsp3) is 0.688. The van der Waals surface area contributed by atoms with Crippen molar-refractivity contribution in [1.82, 2.24) is 20.2 Å². The number of halogens is 3. The van der Waals surface area contributed by atoms with Gasteiger partial charge in [-0.3, -0.25) is 4.90 Å². The van der Waals surface area contributed by atoms with E-state index in [1.165, 1.54) is 18.3 Å². The summed E-state index contributed by atoms with van der Waals surface area (Å²) in [5.41, 5.74) is 0.350. The normalized spacial score (nSPS) is 16.1. The van der Waals surface area contributed by atoms with Gasteiger partial charge in [-0.1, -0.05) is 0 Å². The predicted octanol–water partition coefficient (Wildman–Crippen LogP) is 1.95. The molecule has 152 valence electrons. The van der Waals surface area contributed by atoms with Crippen molar-refractivity contribution in [2.45, 2.75) is 19.0 Å². The fourth-order valence-electron chi connectivity index (χ4n) is 2.96. The van der Waals surface area contributed by atoms with E-state index in [4.69, 9.17) is 4.74 Å². The van der Waals surface area contributed by atoms with E-state index in [1.807, 2.05) is 0 Å². The quantitative estimate of drug-likeness (QED) is 0.773. The molecule has 1 aliphatic rings. The van der Waals surface area contributed by atoms with Gasteiger partial charge < -0.3 is 20.3 Å². The van der Waals surface area contributed by atoms with Crippen LogP contribution in [0, 0.1) is 5.92 Å². The standard InChI is InChI=1S/C16H25F3N6O2/c1-24(2)13-12(14(27-3)22-10-21-13)23-15(26)20-8-11-4-6-25(7-5-11)9-16(17,18)19/h10-11H,4-9H2,1-3H3,(H2,20,23,26). The average molecular weight is 390 g/mol. The Kier molecular flexibility index (Phi) is 7.05. The van der Waals surface area contributed by atoms with Gasteiger partial charge in [-0.05, 0) is 31.8 Å². The van der Waals surface area contributed by atoms with E-state index >= 15 is 0 Å². The number of alkyl halides is 3. The molecule has 0 aromatic carbocycles. The summed E-state index contributed by atoms with van der Waals surface area (Å²) in [6, 6.07) is -0.441. The van der Waals surface area contributed by atoms with Gasteiger partial charge in [-0.25, -0.2) is 9.78 Å². The molecule has 0 radical (unpaired) electrons. The van der Waals surface area contributed by atoms with Crippen molar-refractivity contribution in [3.8, 4) is 5.88 Å². The Morgan fingerprint density at radius 3 is 2.56 bits per heavy atom. The number of likely N-dealkylation sites (tertiary alicyclic amines) is 1. The maximum atomic E-state index is 12.4. The molecule has 0 unspecified atom stereocenters. The number of piperidine rings is 1. The summed E-state index contributed by atoms with van der Waals surface area (Å²) in [5, 5.41) is 5.45. The molecule has 0 bridgehead atoms. The molecule has 2 heterocycles. The molecule has 0 atom stereocenters. The van der Waals surface area contributed by atoms with E-state index in [9.17, 15) is 18.0 Å². The summed E-state index contributed by atoms with van der Waals surface area (Å²) < 4.78 is 42.4. The maximum absolute atomic E-state index is 12.4. The molecule has 2 rings (SSSR count). The highest BCUT2D eigenvalue weighted by Crippen LogP contribution is 2.29. The SMILES string of the molecule is COc1ncnc(N(C)C)c1NC(=O)NCC1CCN(CC(F)(F)F)CC1. The number of hydrogen-bond acceptors (Lipinski definition) is 6. The summed E-state index contributed by atoms with van der Waals surface area (Å²) >= 11 is 0. The second-order valence-electron chi connectivity index (χ2n) is 6.65. The molecule has 0 saturated carbocycles. The Morgan fingerprint density at radius 1 is 1.33 bits per heavy atom. The minimum Gasteiger partial charge on any atom is -0.479 e. The zero-order valence-electron chi connectivity index (χ0n) is 15.6. The highest BCUT2D eigenvalue weighted by atomic mass is 19.4. The first-order chi connectivity index (χ1) is 12.7. The van der Waals surface area contributed by atoms with E-state index in [2.05, 4.69) is 20.6 Å². The lowest BCUT2D eigenvalue weighted by molar-refractivity contribution is -0.148. The fourth-order valence-corrected chi connectivity index (χ4v) is 2.96. The minimum absolute atomic E-state index is 0.141. The van der Waals surface area contributed by atoms with Gasteiger partial charge in [0.25, 0.3) is 0 Å². The predicted molar refractivity (Wildman–Crippen MR) is 95.2 cm³/mol. The molecule has 11 heteroatoms. The van der Waals surface area contributed by atoms with Crippen LogP contribution < -0.4 is 20.3 Å². The highest BCUT2D eigenvalue weighted by molar-refractivity contribution is 5.94. The molecule has 1 saturated heterocycles. The third-order valence-corrected chi connectivity index (χ3v) is 4.31. The Labute approximate surface area is 156 Å². The Bertz CT molecular complexity index is 633. The van der Waals surface area contributed by atoms with Crippen molar-refractivity contribution in [1.29, 1.82) is 0 Å². The number of nitrogens with one attached hydrogen (secondary N) is 2. The average Bonchev–Trinajstić information content (AvgIpc) is 2.59. The number of amides is 2. The molecule has 0 spiro atoms. The van der Waals surface area contributed by atoms with Gasteiger partial charge in [0.2, 0.25) is 5.88 Å². The smallest absolute Gasteiger partial charge is 0.401 e. The van der Waals surface area contributed by atoms with E-state index in [0.29, 0.717) is 44.0 Å². The number of anilines is 2. The van der Waals surface area contributed by atoms with Crippen LogP contribution in [0.3, 0.4) is 0 Å². The molecule has 0 aliphatic carbocycles. The van der Waals surface area contributed by atoms with Crippen molar-refractivity contribution < 1.29 is 22.7 Å². The first-order valence-electron chi connectivity index (χ1n) is 8.60. The maximum Gasteiger partial charge on any atom is 0.401 e. The van der Waals surface area contributed by atoms with Crippen LogP contribution in [-0.2, 0) is 0 Å². The van der Waals surface area contributed by atoms with Crippen molar-refractivity contribution in [2.24, 2.45) is 5.92 Å². The van der Waals surface area contributed by atoms with Gasteiger partial charge in [0, 0.05) is 20.6 Å². The van der Waals surface area contributed by atoms with Crippen LogP contribution in [0.1, 0.15) is 12.8 Å². The third kappa shape index (κ3) is 6.42.